The van der Waals surface area contributed by atoms with Crippen molar-refractivity contribution in [2.75, 3.05) is 6.61 Å². The molecule has 0 radical (unpaired) electrons. The molecule has 1 aromatic rings. The number of carbonyl (C=O) groups excluding carboxylic acids is 1. The maximum Gasteiger partial charge on any atom is 0.159 e. The maximum atomic E-state index is 11.6. The van der Waals surface area contributed by atoms with Gasteiger partial charge in [0.25, 0.3) is 0 Å². The number of ketones is 1. The van der Waals surface area contributed by atoms with Crippen LogP contribution in [0.25, 0.3) is 0 Å². The molecule has 0 N–H and O–H groups in total. The van der Waals surface area contributed by atoms with Gasteiger partial charge in [0, 0.05) is 12.5 Å². The van der Waals surface area contributed by atoms with Crippen molar-refractivity contribution >= 4 is 5.78 Å². The zero-order chi connectivity index (χ0) is 12.8. The first-order valence-electron chi connectivity index (χ1n) is 6.28. The average Bonchev–Trinajstić information content (AvgIpc) is 2.77. The van der Waals surface area contributed by atoms with Gasteiger partial charge < -0.3 is 4.74 Å². The highest BCUT2D eigenvalue weighted by Crippen LogP contribution is 2.25. The highest BCUT2D eigenvalue weighted by Gasteiger charge is 2.23. The minimum Gasteiger partial charge on any atom is -0.377 e. The van der Waals surface area contributed by atoms with E-state index in [1.165, 1.54) is 5.56 Å². The van der Waals surface area contributed by atoms with Crippen LogP contribution in [0.3, 0.4) is 0 Å². The van der Waals surface area contributed by atoms with Crippen molar-refractivity contribution in [2.24, 2.45) is 5.92 Å². The number of allylic oxidation sites excluding steroid dienone is 3. The van der Waals surface area contributed by atoms with E-state index in [4.69, 9.17) is 4.74 Å². The van der Waals surface area contributed by atoms with Crippen molar-refractivity contribution in [3.63, 3.8) is 0 Å². The first-order chi connectivity index (χ1) is 8.79. The van der Waals surface area contributed by atoms with Gasteiger partial charge in [0.05, 0.1) is 6.61 Å². The number of benzene rings is 1. The molecule has 0 heterocycles. The van der Waals surface area contributed by atoms with E-state index >= 15 is 0 Å². The second-order valence-electron chi connectivity index (χ2n) is 4.55. The highest BCUT2D eigenvalue weighted by atomic mass is 16.5. The number of ether oxygens (including phenoxy) is 1. The van der Waals surface area contributed by atoms with Gasteiger partial charge in [-0.1, -0.05) is 43.0 Å². The number of hydrogen-bond acceptors (Lipinski definition) is 2. The predicted octanol–water partition coefficient (Wildman–Crippen LogP) is 3.29. The molecule has 0 saturated heterocycles. The van der Waals surface area contributed by atoms with E-state index in [1.807, 2.05) is 30.3 Å². The Morgan fingerprint density at radius 3 is 2.78 bits per heavy atom. The second-order valence-corrected chi connectivity index (χ2v) is 4.55. The van der Waals surface area contributed by atoms with Gasteiger partial charge in [-0.2, -0.15) is 0 Å². The molecular weight excluding hydrogens is 224 g/mol. The van der Waals surface area contributed by atoms with Crippen molar-refractivity contribution in [1.82, 2.24) is 0 Å². The lowest BCUT2D eigenvalue weighted by Crippen LogP contribution is -2.10. The molecule has 94 valence electrons. The highest BCUT2D eigenvalue weighted by molar-refractivity contribution is 5.95. The Hall–Kier alpha value is -1.67. The van der Waals surface area contributed by atoms with Gasteiger partial charge in [-0.15, -0.1) is 0 Å². The monoisotopic (exact) mass is 242 g/mol. The van der Waals surface area contributed by atoms with Gasteiger partial charge in [0.15, 0.2) is 5.78 Å². The van der Waals surface area contributed by atoms with Gasteiger partial charge in [0.2, 0.25) is 0 Å². The van der Waals surface area contributed by atoms with E-state index in [9.17, 15) is 4.79 Å². The molecule has 0 fully saturated rings. The minimum atomic E-state index is 0.0915. The molecule has 0 saturated carbocycles. The topological polar surface area (TPSA) is 26.3 Å². The Morgan fingerprint density at radius 2 is 2.11 bits per heavy atom. The molecule has 0 aromatic heterocycles. The van der Waals surface area contributed by atoms with E-state index in [0.29, 0.717) is 13.2 Å². The molecule has 0 aliphatic heterocycles. The molecule has 1 atom stereocenters. The van der Waals surface area contributed by atoms with Crippen LogP contribution in [0.15, 0.2) is 54.6 Å². The fourth-order valence-corrected chi connectivity index (χ4v) is 2.12. The lowest BCUT2D eigenvalue weighted by Gasteiger charge is -2.09. The molecule has 1 aliphatic carbocycles. The fraction of sp³-hybridized carbons (Fsp3) is 0.312. The Balaban J connectivity index is 1.68. The Bertz CT molecular complexity index is 445. The van der Waals surface area contributed by atoms with Gasteiger partial charge in [-0.3, -0.25) is 4.79 Å². The minimum absolute atomic E-state index is 0.0915. The first-order valence-corrected chi connectivity index (χ1v) is 6.28. The van der Waals surface area contributed by atoms with E-state index < -0.39 is 0 Å². The fourth-order valence-electron chi connectivity index (χ4n) is 2.12. The molecule has 2 nitrogen and oxygen atoms in total. The van der Waals surface area contributed by atoms with E-state index in [0.717, 1.165) is 18.4 Å². The average molecular weight is 242 g/mol. The van der Waals surface area contributed by atoms with Crippen molar-refractivity contribution in [3.8, 4) is 0 Å². The van der Waals surface area contributed by atoms with Gasteiger partial charge in [0.1, 0.15) is 0 Å². The van der Waals surface area contributed by atoms with Gasteiger partial charge in [-0.05, 0) is 30.1 Å². The maximum absolute atomic E-state index is 11.6. The van der Waals surface area contributed by atoms with Crippen molar-refractivity contribution in [2.45, 2.75) is 19.4 Å². The summed E-state index contributed by atoms with van der Waals surface area (Å²) in [5, 5.41) is 0. The van der Waals surface area contributed by atoms with Crippen LogP contribution in [0.4, 0.5) is 0 Å². The molecular formula is C16H18O2. The summed E-state index contributed by atoms with van der Waals surface area (Å²) in [5.74, 6) is 0.307. The molecule has 0 spiro atoms. The van der Waals surface area contributed by atoms with Crippen molar-refractivity contribution in [3.05, 3.63) is 60.2 Å². The molecule has 1 unspecified atom stereocenters. The first kappa shape index (κ1) is 12.8. The predicted molar refractivity (Wildman–Crippen MR) is 72.1 cm³/mol. The molecule has 2 rings (SSSR count). The van der Waals surface area contributed by atoms with Crippen LogP contribution >= 0.6 is 0 Å². The van der Waals surface area contributed by atoms with Crippen LogP contribution in [0.1, 0.15) is 18.4 Å². The molecule has 18 heavy (non-hydrogen) atoms. The summed E-state index contributed by atoms with van der Waals surface area (Å²) >= 11 is 0. The number of rotatable bonds is 6. The van der Waals surface area contributed by atoms with Gasteiger partial charge >= 0.3 is 0 Å². The molecule has 1 aliphatic rings. The smallest absolute Gasteiger partial charge is 0.159 e. The summed E-state index contributed by atoms with van der Waals surface area (Å²) < 4.78 is 5.60. The lowest BCUT2D eigenvalue weighted by molar-refractivity contribution is -0.118. The largest absolute Gasteiger partial charge is 0.377 e. The third kappa shape index (κ3) is 3.41. The normalized spacial score (nSPS) is 18.8. The molecule has 0 bridgehead atoms. The second kappa shape index (κ2) is 6.31. The standard InChI is InChI=1S/C16H18O2/c1-2-13-10-15(16(17)11-13)8-9-18-12-14-6-4-3-5-7-14/h2-7,11,15H,1,8-10,12H2. The third-order valence-electron chi connectivity index (χ3n) is 3.20. The number of carbonyl (C=O) groups is 1. The van der Waals surface area contributed by atoms with Crippen molar-refractivity contribution < 1.29 is 9.53 Å². The zero-order valence-electron chi connectivity index (χ0n) is 10.5. The Kier molecular flexibility index (Phi) is 4.48. The van der Waals surface area contributed by atoms with E-state index in [1.54, 1.807) is 12.2 Å². The third-order valence-corrected chi connectivity index (χ3v) is 3.20. The van der Waals surface area contributed by atoms with Crippen LogP contribution in [0.5, 0.6) is 0 Å². The van der Waals surface area contributed by atoms with Gasteiger partial charge in [-0.25, -0.2) is 0 Å². The number of hydrogen-bond donors (Lipinski definition) is 0. The Labute approximate surface area is 108 Å². The molecule has 0 amide bonds. The molecule has 2 heteroatoms. The Morgan fingerprint density at radius 1 is 1.33 bits per heavy atom. The SMILES string of the molecule is C=CC1=CC(=O)C(CCOCc2ccccc2)C1. The summed E-state index contributed by atoms with van der Waals surface area (Å²) in [5.41, 5.74) is 2.22. The van der Waals surface area contributed by atoms with Crippen molar-refractivity contribution in [1.29, 1.82) is 0 Å². The van der Waals surface area contributed by atoms with Crippen LogP contribution in [-0.2, 0) is 16.1 Å². The van der Waals surface area contributed by atoms with Crippen LogP contribution in [0, 0.1) is 5.92 Å². The summed E-state index contributed by atoms with van der Waals surface area (Å²) in [6.45, 7) is 4.94. The lowest BCUT2D eigenvalue weighted by atomic mass is 10.0. The molecule has 1 aromatic carbocycles. The van der Waals surface area contributed by atoms with E-state index in [-0.39, 0.29) is 11.7 Å². The zero-order valence-corrected chi connectivity index (χ0v) is 10.5. The van der Waals surface area contributed by atoms with Crippen LogP contribution < -0.4 is 0 Å². The summed E-state index contributed by atoms with van der Waals surface area (Å²) in [6.07, 6.45) is 5.08. The summed E-state index contributed by atoms with van der Waals surface area (Å²) in [4.78, 5) is 11.6. The van der Waals surface area contributed by atoms with Crippen LogP contribution in [-0.4, -0.2) is 12.4 Å². The summed E-state index contributed by atoms with van der Waals surface area (Å²) in [6, 6.07) is 10.1. The summed E-state index contributed by atoms with van der Waals surface area (Å²) in [7, 11) is 0. The van der Waals surface area contributed by atoms with Crippen LogP contribution in [0.2, 0.25) is 0 Å². The van der Waals surface area contributed by atoms with E-state index in [2.05, 4.69) is 6.58 Å². The quantitative estimate of drug-likeness (QED) is 0.715.